The molecular formula is C24H31ClFN3O3S2. The largest absolute Gasteiger partial charge is 0.302 e. The highest BCUT2D eigenvalue weighted by atomic mass is 35.5. The summed E-state index contributed by atoms with van der Waals surface area (Å²) in [7, 11) is -3.71. The van der Waals surface area contributed by atoms with Crippen LogP contribution in [0.2, 0.25) is 0 Å². The lowest BCUT2D eigenvalue weighted by Gasteiger charge is -2.24. The molecule has 0 bridgehead atoms. The SMILES string of the molecule is CCc1cccc2sc(N(CCN(CC)CC)C(=O)CCS(=O)(=O)c3ccc(F)cc3)nc12.Cl. The molecule has 6 nitrogen and oxygen atoms in total. The lowest BCUT2D eigenvalue weighted by molar-refractivity contribution is -0.118. The maximum Gasteiger partial charge on any atom is 0.229 e. The highest BCUT2D eigenvalue weighted by molar-refractivity contribution is 7.91. The first-order chi connectivity index (χ1) is 15.8. The maximum absolute atomic E-state index is 13.2. The van der Waals surface area contributed by atoms with Crippen molar-refractivity contribution in [3.8, 4) is 0 Å². The van der Waals surface area contributed by atoms with Gasteiger partial charge in [0.2, 0.25) is 5.91 Å². The minimum absolute atomic E-state index is 0. The number of aromatic nitrogens is 1. The maximum atomic E-state index is 13.2. The van der Waals surface area contributed by atoms with Crippen LogP contribution in [0, 0.1) is 5.82 Å². The van der Waals surface area contributed by atoms with Gasteiger partial charge in [0.1, 0.15) is 5.82 Å². The van der Waals surface area contributed by atoms with Crippen LogP contribution in [0.3, 0.4) is 0 Å². The Morgan fingerprint density at radius 1 is 1.03 bits per heavy atom. The summed E-state index contributed by atoms with van der Waals surface area (Å²) in [5.74, 6) is -1.13. The average molecular weight is 528 g/mol. The molecule has 0 fully saturated rings. The summed E-state index contributed by atoms with van der Waals surface area (Å²) in [6, 6.07) is 10.7. The smallest absolute Gasteiger partial charge is 0.229 e. The van der Waals surface area contributed by atoms with E-state index in [1.54, 1.807) is 4.90 Å². The van der Waals surface area contributed by atoms with Gasteiger partial charge in [-0.3, -0.25) is 9.69 Å². The number of aryl methyl sites for hydroxylation is 1. The van der Waals surface area contributed by atoms with E-state index in [1.165, 1.54) is 23.5 Å². The fraction of sp³-hybridized carbons (Fsp3) is 0.417. The summed E-state index contributed by atoms with van der Waals surface area (Å²) in [5, 5.41) is 0.585. The van der Waals surface area contributed by atoms with E-state index < -0.39 is 15.7 Å². The number of sulfone groups is 1. The molecule has 34 heavy (non-hydrogen) atoms. The number of para-hydroxylation sites is 1. The third-order valence-electron chi connectivity index (χ3n) is 5.70. The van der Waals surface area contributed by atoms with Crippen molar-refractivity contribution in [2.24, 2.45) is 0 Å². The van der Waals surface area contributed by atoms with E-state index in [2.05, 4.69) is 25.7 Å². The zero-order valence-electron chi connectivity index (χ0n) is 19.7. The van der Waals surface area contributed by atoms with Gasteiger partial charge in [0.25, 0.3) is 0 Å². The Labute approximate surface area is 211 Å². The molecule has 0 atom stereocenters. The lowest BCUT2D eigenvalue weighted by Crippen LogP contribution is -2.39. The minimum Gasteiger partial charge on any atom is -0.302 e. The molecule has 1 amide bonds. The molecule has 1 heterocycles. The molecule has 0 saturated carbocycles. The summed E-state index contributed by atoms with van der Waals surface area (Å²) >= 11 is 1.45. The van der Waals surface area contributed by atoms with E-state index in [0.29, 0.717) is 18.2 Å². The van der Waals surface area contributed by atoms with Gasteiger partial charge >= 0.3 is 0 Å². The lowest BCUT2D eigenvalue weighted by atomic mass is 10.1. The molecule has 10 heteroatoms. The summed E-state index contributed by atoms with van der Waals surface area (Å²) in [6.07, 6.45) is 0.665. The highest BCUT2D eigenvalue weighted by Crippen LogP contribution is 2.31. The van der Waals surface area contributed by atoms with Crippen LogP contribution in [0.15, 0.2) is 47.4 Å². The van der Waals surface area contributed by atoms with Crippen LogP contribution in [0.25, 0.3) is 10.2 Å². The number of halogens is 2. The summed E-state index contributed by atoms with van der Waals surface area (Å²) in [5.41, 5.74) is 2.00. The van der Waals surface area contributed by atoms with Crippen LogP contribution < -0.4 is 4.90 Å². The van der Waals surface area contributed by atoms with Gasteiger partial charge in [0.05, 0.1) is 20.9 Å². The number of likely N-dealkylation sites (N-methyl/N-ethyl adjacent to an activating group) is 1. The summed E-state index contributed by atoms with van der Waals surface area (Å²) in [6.45, 7) is 9.01. The number of benzene rings is 2. The monoisotopic (exact) mass is 527 g/mol. The Kier molecular flexibility index (Phi) is 10.4. The number of hydrogen-bond acceptors (Lipinski definition) is 6. The third kappa shape index (κ3) is 6.75. The predicted octanol–water partition coefficient (Wildman–Crippen LogP) is 4.96. The van der Waals surface area contributed by atoms with E-state index in [4.69, 9.17) is 4.98 Å². The predicted molar refractivity (Wildman–Crippen MR) is 139 cm³/mol. The summed E-state index contributed by atoms with van der Waals surface area (Å²) in [4.78, 5) is 21.8. The Hall–Kier alpha value is -2.07. The van der Waals surface area contributed by atoms with Gasteiger partial charge in [-0.1, -0.05) is 44.2 Å². The number of amides is 1. The Bertz CT molecular complexity index is 1200. The molecular weight excluding hydrogens is 497 g/mol. The van der Waals surface area contributed by atoms with Crippen LogP contribution in [-0.4, -0.2) is 56.1 Å². The molecule has 2 aromatic carbocycles. The van der Waals surface area contributed by atoms with Crippen molar-refractivity contribution in [3.63, 3.8) is 0 Å². The molecule has 186 valence electrons. The summed E-state index contributed by atoms with van der Waals surface area (Å²) < 4.78 is 39.5. The first-order valence-corrected chi connectivity index (χ1v) is 13.6. The average Bonchev–Trinajstić information content (AvgIpc) is 3.24. The van der Waals surface area contributed by atoms with Gasteiger partial charge in [0, 0.05) is 19.5 Å². The van der Waals surface area contributed by atoms with Crippen LogP contribution in [-0.2, 0) is 21.1 Å². The number of carbonyl (C=O) groups excluding carboxylic acids is 1. The number of carbonyl (C=O) groups is 1. The fourth-order valence-corrected chi connectivity index (χ4v) is 5.91. The van der Waals surface area contributed by atoms with Crippen molar-refractivity contribution in [1.82, 2.24) is 9.88 Å². The second-order valence-electron chi connectivity index (χ2n) is 7.71. The second-order valence-corrected chi connectivity index (χ2v) is 10.8. The van der Waals surface area contributed by atoms with Crippen molar-refractivity contribution in [1.29, 1.82) is 0 Å². The van der Waals surface area contributed by atoms with E-state index in [-0.39, 0.29) is 35.4 Å². The fourth-order valence-electron chi connectivity index (χ4n) is 3.62. The molecule has 0 aliphatic carbocycles. The molecule has 0 aliphatic rings. The minimum atomic E-state index is -3.71. The highest BCUT2D eigenvalue weighted by Gasteiger charge is 2.24. The van der Waals surface area contributed by atoms with E-state index in [0.717, 1.165) is 47.4 Å². The van der Waals surface area contributed by atoms with Crippen molar-refractivity contribution < 1.29 is 17.6 Å². The van der Waals surface area contributed by atoms with Gasteiger partial charge < -0.3 is 4.90 Å². The van der Waals surface area contributed by atoms with Gasteiger partial charge in [-0.25, -0.2) is 17.8 Å². The first kappa shape index (κ1) is 28.2. The zero-order valence-corrected chi connectivity index (χ0v) is 22.1. The van der Waals surface area contributed by atoms with Gasteiger partial charge in [0.15, 0.2) is 15.0 Å². The van der Waals surface area contributed by atoms with Gasteiger partial charge in [-0.05, 0) is 55.4 Å². The van der Waals surface area contributed by atoms with E-state index in [9.17, 15) is 17.6 Å². The molecule has 3 rings (SSSR count). The van der Waals surface area contributed by atoms with Gasteiger partial charge in [-0.15, -0.1) is 12.4 Å². The number of hydrogen-bond donors (Lipinski definition) is 0. The van der Waals surface area contributed by atoms with Crippen LogP contribution in [0.4, 0.5) is 9.52 Å². The zero-order chi connectivity index (χ0) is 24.0. The van der Waals surface area contributed by atoms with Crippen molar-refractivity contribution >= 4 is 54.8 Å². The molecule has 0 aliphatic heterocycles. The molecule has 0 unspecified atom stereocenters. The van der Waals surface area contributed by atoms with Gasteiger partial charge in [-0.2, -0.15) is 0 Å². The molecule has 3 aromatic rings. The quantitative estimate of drug-likeness (QED) is 0.330. The topological polar surface area (TPSA) is 70.6 Å². The number of fused-ring (bicyclic) bond motifs is 1. The molecule has 0 N–H and O–H groups in total. The standard InChI is InChI=1S/C24H30FN3O3S2.ClH/c1-4-18-8-7-9-21-23(18)26-24(32-21)28(16-15-27(5-2)6-3)22(29)14-17-33(30,31)20-12-10-19(25)11-13-20;/h7-13H,4-6,14-17H2,1-3H3;1H. The molecule has 0 saturated heterocycles. The van der Waals surface area contributed by atoms with Crippen LogP contribution >= 0.6 is 23.7 Å². The Balaban J connectivity index is 0.00000408. The number of rotatable bonds is 11. The molecule has 0 spiro atoms. The normalized spacial score (nSPS) is 11.6. The van der Waals surface area contributed by atoms with Crippen LogP contribution in [0.1, 0.15) is 32.8 Å². The van der Waals surface area contributed by atoms with Crippen molar-refractivity contribution in [3.05, 3.63) is 53.8 Å². The third-order valence-corrected chi connectivity index (χ3v) is 8.47. The number of anilines is 1. The van der Waals surface area contributed by atoms with E-state index in [1.807, 2.05) is 18.2 Å². The molecule has 1 aromatic heterocycles. The van der Waals surface area contributed by atoms with Crippen LogP contribution in [0.5, 0.6) is 0 Å². The van der Waals surface area contributed by atoms with E-state index >= 15 is 0 Å². The first-order valence-electron chi connectivity index (χ1n) is 11.2. The Morgan fingerprint density at radius 2 is 1.71 bits per heavy atom. The number of nitrogens with zero attached hydrogens (tertiary/aromatic N) is 3. The van der Waals surface area contributed by atoms with Crippen molar-refractivity contribution in [2.75, 3.05) is 36.8 Å². The number of thiazole rings is 1. The Morgan fingerprint density at radius 3 is 2.32 bits per heavy atom. The second kappa shape index (κ2) is 12.6. The van der Waals surface area contributed by atoms with Crippen molar-refractivity contribution in [2.45, 2.75) is 38.5 Å². The molecule has 0 radical (unpaired) electrons.